The fraction of sp³-hybridized carbons (Fsp3) is 0.714. The van der Waals surface area contributed by atoms with Gasteiger partial charge in [0, 0.05) is 13.0 Å². The third kappa shape index (κ3) is 1.71. The summed E-state index contributed by atoms with van der Waals surface area (Å²) in [5, 5.41) is 3.14. The van der Waals surface area contributed by atoms with E-state index in [-0.39, 0.29) is 29.5 Å². The van der Waals surface area contributed by atoms with Crippen LogP contribution in [0.1, 0.15) is 25.7 Å². The molecule has 0 unspecified atom stereocenters. The standard InChI is InChI=1S/C14H20N2O3/c1-3-12(18)16(2)8-11(17)15-14-7-10(14)9-19-13(14)5-4-6-13/h3,10H,1,4-9H2,2H3,(H,15,17)/t10-,14+/m0/s1. The summed E-state index contributed by atoms with van der Waals surface area (Å²) in [7, 11) is 1.61. The first-order chi connectivity index (χ1) is 9.03. The number of nitrogens with one attached hydrogen (secondary N) is 1. The Hall–Kier alpha value is -1.36. The molecule has 3 rings (SSSR count). The van der Waals surface area contributed by atoms with Gasteiger partial charge in [-0.1, -0.05) is 6.58 Å². The molecule has 19 heavy (non-hydrogen) atoms. The van der Waals surface area contributed by atoms with E-state index in [1.165, 1.54) is 17.4 Å². The Bertz CT molecular complexity index is 444. The summed E-state index contributed by atoms with van der Waals surface area (Å²) in [5.74, 6) is 0.134. The third-order valence-electron chi connectivity index (χ3n) is 4.93. The van der Waals surface area contributed by atoms with Gasteiger partial charge >= 0.3 is 0 Å². The van der Waals surface area contributed by atoms with Crippen LogP contribution >= 0.6 is 0 Å². The van der Waals surface area contributed by atoms with Crippen molar-refractivity contribution in [1.82, 2.24) is 10.2 Å². The van der Waals surface area contributed by atoms with Crippen LogP contribution in [0.2, 0.25) is 0 Å². The highest BCUT2D eigenvalue weighted by Gasteiger charge is 2.74. The van der Waals surface area contributed by atoms with Gasteiger partial charge in [0.2, 0.25) is 11.8 Å². The highest BCUT2D eigenvalue weighted by Crippen LogP contribution is 2.64. The van der Waals surface area contributed by atoms with Gasteiger partial charge < -0.3 is 15.0 Å². The summed E-state index contributed by atoms with van der Waals surface area (Å²) in [6, 6.07) is 0. The number of fused-ring (bicyclic) bond motifs is 2. The maximum atomic E-state index is 12.1. The molecule has 0 bridgehead atoms. The Balaban J connectivity index is 1.61. The van der Waals surface area contributed by atoms with Crippen LogP contribution in [-0.4, -0.2) is 48.1 Å². The van der Waals surface area contributed by atoms with Crippen LogP contribution in [0.25, 0.3) is 0 Å². The van der Waals surface area contributed by atoms with E-state index in [0.29, 0.717) is 5.92 Å². The minimum atomic E-state index is -0.235. The molecule has 1 N–H and O–H groups in total. The molecule has 1 heterocycles. The molecule has 0 aromatic carbocycles. The van der Waals surface area contributed by atoms with Crippen molar-refractivity contribution in [3.05, 3.63) is 12.7 Å². The molecule has 1 saturated heterocycles. The summed E-state index contributed by atoms with van der Waals surface area (Å²) in [6.07, 6.45) is 5.52. The number of nitrogens with zero attached hydrogens (tertiary/aromatic N) is 1. The van der Waals surface area contributed by atoms with Crippen molar-refractivity contribution in [3.63, 3.8) is 0 Å². The van der Waals surface area contributed by atoms with Gasteiger partial charge in [-0.05, 0) is 31.8 Å². The zero-order valence-electron chi connectivity index (χ0n) is 11.3. The largest absolute Gasteiger partial charge is 0.372 e. The fourth-order valence-corrected chi connectivity index (χ4v) is 3.57. The lowest BCUT2D eigenvalue weighted by Crippen LogP contribution is -2.59. The average Bonchev–Trinajstić information content (AvgIpc) is 2.92. The number of hydrogen-bond acceptors (Lipinski definition) is 3. The second-order valence-electron chi connectivity index (χ2n) is 5.98. The monoisotopic (exact) mass is 264 g/mol. The summed E-state index contributed by atoms with van der Waals surface area (Å²) in [6.45, 7) is 4.26. The van der Waals surface area contributed by atoms with Gasteiger partial charge in [0.15, 0.2) is 0 Å². The number of rotatable bonds is 4. The van der Waals surface area contributed by atoms with Crippen molar-refractivity contribution in [2.24, 2.45) is 5.92 Å². The van der Waals surface area contributed by atoms with Crippen molar-refractivity contribution < 1.29 is 14.3 Å². The Morgan fingerprint density at radius 2 is 2.26 bits per heavy atom. The first-order valence-electron chi connectivity index (χ1n) is 6.85. The molecule has 3 aliphatic rings. The van der Waals surface area contributed by atoms with Crippen LogP contribution in [0.15, 0.2) is 12.7 Å². The zero-order valence-corrected chi connectivity index (χ0v) is 11.3. The molecule has 5 heteroatoms. The second-order valence-corrected chi connectivity index (χ2v) is 5.98. The molecule has 1 aliphatic heterocycles. The summed E-state index contributed by atoms with van der Waals surface area (Å²) >= 11 is 0. The third-order valence-corrected chi connectivity index (χ3v) is 4.93. The first kappa shape index (κ1) is 12.7. The molecule has 0 aromatic heterocycles. The van der Waals surface area contributed by atoms with E-state index in [9.17, 15) is 9.59 Å². The molecule has 2 saturated carbocycles. The lowest BCUT2D eigenvalue weighted by Gasteiger charge is -2.45. The molecular weight excluding hydrogens is 244 g/mol. The van der Waals surface area contributed by atoms with Gasteiger partial charge in [-0.25, -0.2) is 0 Å². The average molecular weight is 264 g/mol. The normalized spacial score (nSPS) is 33.2. The van der Waals surface area contributed by atoms with E-state index in [2.05, 4.69) is 11.9 Å². The molecule has 5 nitrogen and oxygen atoms in total. The minimum Gasteiger partial charge on any atom is -0.372 e. The second kappa shape index (κ2) is 4.07. The van der Waals surface area contributed by atoms with E-state index in [1.807, 2.05) is 0 Å². The number of carbonyl (C=O) groups is 2. The predicted octanol–water partition coefficient (Wildman–Crippen LogP) is 0.459. The van der Waals surface area contributed by atoms with E-state index in [4.69, 9.17) is 4.74 Å². The molecule has 1 spiro atoms. The van der Waals surface area contributed by atoms with Crippen LogP contribution in [0.3, 0.4) is 0 Å². The van der Waals surface area contributed by atoms with Gasteiger partial charge in [-0.15, -0.1) is 0 Å². The van der Waals surface area contributed by atoms with Crippen molar-refractivity contribution in [3.8, 4) is 0 Å². The van der Waals surface area contributed by atoms with E-state index >= 15 is 0 Å². The number of likely N-dealkylation sites (N-methyl/N-ethyl adjacent to an activating group) is 1. The predicted molar refractivity (Wildman–Crippen MR) is 69.3 cm³/mol. The lowest BCUT2D eigenvalue weighted by atomic mass is 9.73. The molecule has 2 atom stereocenters. The van der Waals surface area contributed by atoms with E-state index in [1.54, 1.807) is 7.05 Å². The first-order valence-corrected chi connectivity index (χ1v) is 6.85. The maximum absolute atomic E-state index is 12.1. The SMILES string of the molecule is C=CC(=O)N(C)CC(=O)N[C@]12C[C@H]1COC21CCC1. The molecule has 0 radical (unpaired) electrons. The molecule has 0 aromatic rings. The summed E-state index contributed by atoms with van der Waals surface area (Å²) in [4.78, 5) is 24.8. The van der Waals surface area contributed by atoms with Crippen molar-refractivity contribution in [2.75, 3.05) is 20.2 Å². The van der Waals surface area contributed by atoms with Gasteiger partial charge in [0.05, 0.1) is 24.3 Å². The van der Waals surface area contributed by atoms with Crippen molar-refractivity contribution in [1.29, 1.82) is 0 Å². The van der Waals surface area contributed by atoms with Crippen LogP contribution in [-0.2, 0) is 14.3 Å². The molecule has 104 valence electrons. The number of ether oxygens (including phenoxy) is 1. The lowest BCUT2D eigenvalue weighted by molar-refractivity contribution is -0.135. The van der Waals surface area contributed by atoms with Crippen molar-refractivity contribution >= 4 is 11.8 Å². The topological polar surface area (TPSA) is 58.6 Å². The minimum absolute atomic E-state index is 0.0788. The van der Waals surface area contributed by atoms with Gasteiger partial charge in [0.25, 0.3) is 0 Å². The van der Waals surface area contributed by atoms with Crippen molar-refractivity contribution in [2.45, 2.75) is 36.8 Å². The highest BCUT2D eigenvalue weighted by molar-refractivity contribution is 5.91. The Morgan fingerprint density at radius 3 is 2.79 bits per heavy atom. The van der Waals surface area contributed by atoms with Gasteiger partial charge in [0.1, 0.15) is 0 Å². The molecule has 2 aliphatic carbocycles. The van der Waals surface area contributed by atoms with Crippen LogP contribution in [0, 0.1) is 5.92 Å². The van der Waals surface area contributed by atoms with Crippen LogP contribution < -0.4 is 5.32 Å². The number of amides is 2. The van der Waals surface area contributed by atoms with Crippen LogP contribution in [0.5, 0.6) is 0 Å². The summed E-state index contributed by atoms with van der Waals surface area (Å²) < 4.78 is 5.90. The maximum Gasteiger partial charge on any atom is 0.246 e. The quantitative estimate of drug-likeness (QED) is 0.750. The van der Waals surface area contributed by atoms with E-state index in [0.717, 1.165) is 25.9 Å². The smallest absolute Gasteiger partial charge is 0.246 e. The van der Waals surface area contributed by atoms with Gasteiger partial charge in [-0.3, -0.25) is 9.59 Å². The fourth-order valence-electron chi connectivity index (χ4n) is 3.57. The summed E-state index contributed by atoms with van der Waals surface area (Å²) in [5.41, 5.74) is -0.241. The molecule has 2 amide bonds. The highest BCUT2D eigenvalue weighted by atomic mass is 16.5. The van der Waals surface area contributed by atoms with E-state index < -0.39 is 0 Å². The van der Waals surface area contributed by atoms with Crippen LogP contribution in [0.4, 0.5) is 0 Å². The Morgan fingerprint density at radius 1 is 1.53 bits per heavy atom. The Kier molecular flexibility index (Phi) is 2.71. The number of hydrogen-bond donors (Lipinski definition) is 1. The molecular formula is C14H20N2O3. The van der Waals surface area contributed by atoms with Gasteiger partial charge in [-0.2, -0.15) is 0 Å². The molecule has 3 fully saturated rings. The zero-order chi connectivity index (χ0) is 13.7. The Labute approximate surface area is 113 Å². The number of carbonyl (C=O) groups excluding carboxylic acids is 2.